The van der Waals surface area contributed by atoms with Crippen molar-refractivity contribution >= 4 is 11.9 Å². The third-order valence-electron chi connectivity index (χ3n) is 3.80. The fraction of sp³-hybridized carbons (Fsp3) is 0.846. The van der Waals surface area contributed by atoms with E-state index in [-0.39, 0.29) is 12.6 Å². The molecule has 0 aromatic rings. The van der Waals surface area contributed by atoms with Crippen LogP contribution in [0.2, 0.25) is 0 Å². The topological polar surface area (TPSA) is 77.8 Å². The Kier molecular flexibility index (Phi) is 5.59. The highest BCUT2D eigenvalue weighted by Gasteiger charge is 2.30. The highest BCUT2D eigenvalue weighted by molar-refractivity contribution is 5.71. The highest BCUT2D eigenvalue weighted by Crippen LogP contribution is 2.28. The van der Waals surface area contributed by atoms with Gasteiger partial charge in [0, 0.05) is 12.6 Å². The third-order valence-corrected chi connectivity index (χ3v) is 3.80. The number of aliphatic carboxylic acids is 2. The van der Waals surface area contributed by atoms with Crippen molar-refractivity contribution in [3.63, 3.8) is 0 Å². The van der Waals surface area contributed by atoms with Crippen LogP contribution in [0.3, 0.4) is 0 Å². The van der Waals surface area contributed by atoms with E-state index in [0.717, 1.165) is 19.3 Å². The summed E-state index contributed by atoms with van der Waals surface area (Å²) >= 11 is 0. The smallest absolute Gasteiger partial charge is 0.317 e. The summed E-state index contributed by atoms with van der Waals surface area (Å²) in [5.41, 5.74) is 0. The van der Waals surface area contributed by atoms with Crippen LogP contribution in [0.1, 0.15) is 39.5 Å². The van der Waals surface area contributed by atoms with Gasteiger partial charge in [-0.15, -0.1) is 0 Å². The van der Waals surface area contributed by atoms with Crippen LogP contribution in [-0.4, -0.2) is 46.2 Å². The molecule has 5 nitrogen and oxygen atoms in total. The molecule has 0 heterocycles. The molecule has 0 spiro atoms. The van der Waals surface area contributed by atoms with Crippen molar-refractivity contribution in [2.75, 3.05) is 13.1 Å². The zero-order valence-electron chi connectivity index (χ0n) is 11.1. The van der Waals surface area contributed by atoms with E-state index >= 15 is 0 Å². The minimum absolute atomic E-state index is 0.0629. The van der Waals surface area contributed by atoms with Crippen molar-refractivity contribution in [3.8, 4) is 0 Å². The molecule has 2 N–H and O–H groups in total. The molecule has 0 aliphatic heterocycles. The monoisotopic (exact) mass is 257 g/mol. The zero-order valence-corrected chi connectivity index (χ0v) is 11.1. The van der Waals surface area contributed by atoms with Gasteiger partial charge < -0.3 is 10.2 Å². The Bertz CT molecular complexity index is 305. The summed E-state index contributed by atoms with van der Waals surface area (Å²) < 4.78 is 0. The fourth-order valence-electron chi connectivity index (χ4n) is 2.76. The van der Waals surface area contributed by atoms with Crippen molar-refractivity contribution in [1.29, 1.82) is 0 Å². The molecule has 1 rings (SSSR count). The quantitative estimate of drug-likeness (QED) is 0.757. The Hall–Kier alpha value is -1.10. The zero-order chi connectivity index (χ0) is 13.7. The molecule has 0 bridgehead atoms. The maximum Gasteiger partial charge on any atom is 0.317 e. The van der Waals surface area contributed by atoms with Gasteiger partial charge >= 0.3 is 11.9 Å². The SMILES string of the molecule is CC(CN(CC(=O)O)C1CCCCC1C)C(=O)O. The predicted molar refractivity (Wildman–Crippen MR) is 67.4 cm³/mol. The highest BCUT2D eigenvalue weighted by atomic mass is 16.4. The van der Waals surface area contributed by atoms with E-state index in [1.807, 2.05) is 4.90 Å². The van der Waals surface area contributed by atoms with Gasteiger partial charge in [0.05, 0.1) is 12.5 Å². The van der Waals surface area contributed by atoms with Gasteiger partial charge in [-0.05, 0) is 18.8 Å². The second-order valence-corrected chi connectivity index (χ2v) is 5.39. The summed E-state index contributed by atoms with van der Waals surface area (Å²) in [6.45, 7) is 4.01. The van der Waals surface area contributed by atoms with Crippen molar-refractivity contribution < 1.29 is 19.8 Å². The molecule has 0 amide bonds. The van der Waals surface area contributed by atoms with Crippen LogP contribution in [0.15, 0.2) is 0 Å². The van der Waals surface area contributed by atoms with Crippen LogP contribution in [-0.2, 0) is 9.59 Å². The number of rotatable bonds is 6. The molecule has 0 saturated heterocycles. The molecule has 18 heavy (non-hydrogen) atoms. The van der Waals surface area contributed by atoms with Gasteiger partial charge in [0.25, 0.3) is 0 Å². The molecule has 104 valence electrons. The van der Waals surface area contributed by atoms with E-state index in [2.05, 4.69) is 6.92 Å². The lowest BCUT2D eigenvalue weighted by Gasteiger charge is -2.38. The van der Waals surface area contributed by atoms with Crippen molar-refractivity contribution in [2.45, 2.75) is 45.6 Å². The summed E-state index contributed by atoms with van der Waals surface area (Å²) in [7, 11) is 0. The number of carboxylic acids is 2. The van der Waals surface area contributed by atoms with E-state index in [0.29, 0.717) is 12.5 Å². The molecule has 1 aliphatic carbocycles. The molecule has 0 aromatic heterocycles. The summed E-state index contributed by atoms with van der Waals surface area (Å²) in [5.74, 6) is -1.84. The van der Waals surface area contributed by atoms with Gasteiger partial charge in [0.1, 0.15) is 0 Å². The second kappa shape index (κ2) is 6.73. The molecule has 3 unspecified atom stereocenters. The fourth-order valence-corrected chi connectivity index (χ4v) is 2.76. The minimum atomic E-state index is -0.884. The Labute approximate surface area is 108 Å². The van der Waals surface area contributed by atoms with E-state index in [9.17, 15) is 9.59 Å². The van der Waals surface area contributed by atoms with Crippen LogP contribution in [0, 0.1) is 11.8 Å². The molecule has 1 fully saturated rings. The van der Waals surface area contributed by atoms with Crippen LogP contribution in [0.5, 0.6) is 0 Å². The van der Waals surface area contributed by atoms with Gasteiger partial charge in [0.15, 0.2) is 0 Å². The van der Waals surface area contributed by atoms with Crippen LogP contribution < -0.4 is 0 Å². The predicted octanol–water partition coefficient (Wildman–Crippen LogP) is 1.67. The number of nitrogens with zero attached hydrogens (tertiary/aromatic N) is 1. The van der Waals surface area contributed by atoms with Gasteiger partial charge in [-0.1, -0.05) is 26.7 Å². The van der Waals surface area contributed by atoms with Crippen LogP contribution in [0.25, 0.3) is 0 Å². The molecule has 0 radical (unpaired) electrons. The molecular formula is C13H23NO4. The molecular weight excluding hydrogens is 234 g/mol. The van der Waals surface area contributed by atoms with Crippen LogP contribution in [0.4, 0.5) is 0 Å². The van der Waals surface area contributed by atoms with Crippen molar-refractivity contribution in [3.05, 3.63) is 0 Å². The molecule has 3 atom stereocenters. The summed E-state index contributed by atoms with van der Waals surface area (Å²) in [6, 6.07) is 0.205. The van der Waals surface area contributed by atoms with E-state index in [1.165, 1.54) is 6.42 Å². The Morgan fingerprint density at radius 3 is 2.39 bits per heavy atom. The molecule has 0 aromatic carbocycles. The van der Waals surface area contributed by atoms with E-state index in [1.54, 1.807) is 6.92 Å². The number of hydrogen-bond acceptors (Lipinski definition) is 3. The largest absolute Gasteiger partial charge is 0.481 e. The van der Waals surface area contributed by atoms with Crippen molar-refractivity contribution in [1.82, 2.24) is 4.90 Å². The Morgan fingerprint density at radius 2 is 1.89 bits per heavy atom. The first-order valence-electron chi connectivity index (χ1n) is 6.60. The average Bonchev–Trinajstić information content (AvgIpc) is 2.28. The summed E-state index contributed by atoms with van der Waals surface area (Å²) in [5, 5.41) is 17.9. The summed E-state index contributed by atoms with van der Waals surface area (Å²) in [4.78, 5) is 23.7. The van der Waals surface area contributed by atoms with Crippen molar-refractivity contribution in [2.24, 2.45) is 11.8 Å². The summed E-state index contributed by atoms with van der Waals surface area (Å²) in [6.07, 6.45) is 4.36. The lowest BCUT2D eigenvalue weighted by molar-refractivity contribution is -0.145. The number of carbonyl (C=O) groups is 2. The third kappa shape index (κ3) is 4.29. The molecule has 5 heteroatoms. The van der Waals surface area contributed by atoms with Gasteiger partial charge in [0.2, 0.25) is 0 Å². The van der Waals surface area contributed by atoms with E-state index < -0.39 is 17.9 Å². The lowest BCUT2D eigenvalue weighted by Crippen LogP contribution is -2.47. The normalized spacial score (nSPS) is 25.9. The minimum Gasteiger partial charge on any atom is -0.481 e. The van der Waals surface area contributed by atoms with Gasteiger partial charge in [-0.3, -0.25) is 14.5 Å². The second-order valence-electron chi connectivity index (χ2n) is 5.39. The first-order chi connectivity index (χ1) is 8.41. The van der Waals surface area contributed by atoms with Gasteiger partial charge in [-0.2, -0.15) is 0 Å². The maximum atomic E-state index is 10.9. The first-order valence-corrected chi connectivity index (χ1v) is 6.60. The van der Waals surface area contributed by atoms with E-state index in [4.69, 9.17) is 10.2 Å². The number of carboxylic acid groups (broad SMARTS) is 2. The Balaban J connectivity index is 2.69. The van der Waals surface area contributed by atoms with Gasteiger partial charge in [-0.25, -0.2) is 0 Å². The lowest BCUT2D eigenvalue weighted by atomic mass is 9.84. The first kappa shape index (κ1) is 15.0. The maximum absolute atomic E-state index is 10.9. The molecule has 1 saturated carbocycles. The average molecular weight is 257 g/mol. The standard InChI is InChI=1S/C13H23NO4/c1-9-5-3-4-6-11(9)14(8-12(15)16)7-10(2)13(17)18/h9-11H,3-8H2,1-2H3,(H,15,16)(H,17,18). The van der Waals surface area contributed by atoms with Crippen LogP contribution >= 0.6 is 0 Å². The Morgan fingerprint density at radius 1 is 1.28 bits per heavy atom. The number of hydrogen-bond donors (Lipinski definition) is 2. The molecule has 1 aliphatic rings.